The first-order chi connectivity index (χ1) is 13.7. The molecule has 0 unspecified atom stereocenters. The Bertz CT molecular complexity index is 776. The van der Waals surface area contributed by atoms with Crippen molar-refractivity contribution < 1.29 is 14.3 Å². The molecule has 0 atom stereocenters. The molecule has 1 saturated heterocycles. The van der Waals surface area contributed by atoms with Gasteiger partial charge in [-0.3, -0.25) is 9.78 Å². The van der Waals surface area contributed by atoms with Gasteiger partial charge in [0.1, 0.15) is 11.4 Å². The lowest BCUT2D eigenvalue weighted by Gasteiger charge is -2.36. The number of hydrogen-bond acceptors (Lipinski definition) is 6. The summed E-state index contributed by atoms with van der Waals surface area (Å²) in [4.78, 5) is 21.3. The van der Waals surface area contributed by atoms with E-state index in [9.17, 15) is 4.79 Å². The topological polar surface area (TPSA) is 66.9 Å². The van der Waals surface area contributed by atoms with Gasteiger partial charge in [0.15, 0.2) is 0 Å². The SMILES string of the molecule is COCCCNc1ccnc(C(=O)N2CCN(c3ccccc3OC)CC2)c1. The summed E-state index contributed by atoms with van der Waals surface area (Å²) in [7, 11) is 3.37. The van der Waals surface area contributed by atoms with Crippen molar-refractivity contribution in [1.82, 2.24) is 9.88 Å². The summed E-state index contributed by atoms with van der Waals surface area (Å²) in [5.74, 6) is 0.830. The van der Waals surface area contributed by atoms with Crippen LogP contribution in [0.4, 0.5) is 11.4 Å². The van der Waals surface area contributed by atoms with Gasteiger partial charge in [-0.25, -0.2) is 0 Å². The zero-order chi connectivity index (χ0) is 19.8. The maximum absolute atomic E-state index is 12.9. The minimum atomic E-state index is -0.0276. The molecule has 2 aromatic rings. The van der Waals surface area contributed by atoms with Crippen LogP contribution in [0.1, 0.15) is 16.9 Å². The second-order valence-electron chi connectivity index (χ2n) is 6.65. The predicted molar refractivity (Wildman–Crippen MR) is 110 cm³/mol. The van der Waals surface area contributed by atoms with Crippen molar-refractivity contribution in [2.45, 2.75) is 6.42 Å². The van der Waals surface area contributed by atoms with Crippen molar-refractivity contribution in [3.8, 4) is 5.75 Å². The highest BCUT2D eigenvalue weighted by Gasteiger charge is 2.24. The third-order valence-corrected chi connectivity index (χ3v) is 4.83. The number of carbonyl (C=O) groups is 1. The molecule has 0 bridgehead atoms. The molecule has 150 valence electrons. The van der Waals surface area contributed by atoms with Gasteiger partial charge in [0.25, 0.3) is 5.91 Å². The average molecular weight is 384 g/mol. The molecule has 0 radical (unpaired) electrons. The Morgan fingerprint density at radius 3 is 2.68 bits per heavy atom. The largest absolute Gasteiger partial charge is 0.495 e. The third kappa shape index (κ3) is 4.92. The van der Waals surface area contributed by atoms with Crippen LogP contribution in [0, 0.1) is 0 Å². The maximum atomic E-state index is 12.9. The Hall–Kier alpha value is -2.80. The number of ether oxygens (including phenoxy) is 2. The van der Waals surface area contributed by atoms with Crippen molar-refractivity contribution in [2.24, 2.45) is 0 Å². The van der Waals surface area contributed by atoms with E-state index in [0.717, 1.165) is 43.2 Å². The zero-order valence-electron chi connectivity index (χ0n) is 16.6. The molecule has 0 aliphatic carbocycles. The minimum Gasteiger partial charge on any atom is -0.495 e. The van der Waals surface area contributed by atoms with Crippen LogP contribution in [0.3, 0.4) is 0 Å². The standard InChI is InChI=1S/C21H28N4O3/c1-27-15-5-9-22-17-8-10-23-18(16-17)21(26)25-13-11-24(12-14-25)19-6-3-4-7-20(19)28-2/h3-4,6-8,10,16H,5,9,11-15H2,1-2H3,(H,22,23). The fourth-order valence-electron chi connectivity index (χ4n) is 3.31. The number of rotatable bonds is 8. The number of amides is 1. The maximum Gasteiger partial charge on any atom is 0.272 e. The lowest BCUT2D eigenvalue weighted by Crippen LogP contribution is -2.49. The van der Waals surface area contributed by atoms with E-state index >= 15 is 0 Å². The van der Waals surface area contributed by atoms with Gasteiger partial charge in [0.05, 0.1) is 12.8 Å². The number of pyridine rings is 1. The monoisotopic (exact) mass is 384 g/mol. The average Bonchev–Trinajstić information content (AvgIpc) is 2.76. The number of para-hydroxylation sites is 2. The minimum absolute atomic E-state index is 0.0276. The molecule has 1 fully saturated rings. The van der Waals surface area contributed by atoms with Crippen molar-refractivity contribution >= 4 is 17.3 Å². The van der Waals surface area contributed by atoms with Gasteiger partial charge in [-0.1, -0.05) is 12.1 Å². The van der Waals surface area contributed by atoms with Crippen LogP contribution in [0.2, 0.25) is 0 Å². The zero-order valence-corrected chi connectivity index (χ0v) is 16.6. The van der Waals surface area contributed by atoms with Crippen LogP contribution in [0.15, 0.2) is 42.6 Å². The molecule has 28 heavy (non-hydrogen) atoms. The molecule has 0 spiro atoms. The number of anilines is 2. The molecule has 1 amide bonds. The number of nitrogens with zero attached hydrogens (tertiary/aromatic N) is 3. The molecule has 3 rings (SSSR count). The lowest BCUT2D eigenvalue weighted by atomic mass is 10.2. The Morgan fingerprint density at radius 2 is 1.93 bits per heavy atom. The first-order valence-corrected chi connectivity index (χ1v) is 9.59. The molecular weight excluding hydrogens is 356 g/mol. The smallest absolute Gasteiger partial charge is 0.272 e. The summed E-state index contributed by atoms with van der Waals surface area (Å²) in [5.41, 5.74) is 2.45. The van der Waals surface area contributed by atoms with Gasteiger partial charge in [-0.2, -0.15) is 0 Å². The first-order valence-electron chi connectivity index (χ1n) is 9.59. The molecular formula is C21H28N4O3. The van der Waals surface area contributed by atoms with Gasteiger partial charge in [0, 0.05) is 58.3 Å². The Labute approximate surface area is 166 Å². The Kier molecular flexibility index (Phi) is 7.08. The van der Waals surface area contributed by atoms with E-state index in [-0.39, 0.29) is 5.91 Å². The summed E-state index contributed by atoms with van der Waals surface area (Å²) >= 11 is 0. The summed E-state index contributed by atoms with van der Waals surface area (Å²) in [6.07, 6.45) is 2.59. The van der Waals surface area contributed by atoms with Crippen LogP contribution in [0.5, 0.6) is 5.75 Å². The van der Waals surface area contributed by atoms with E-state index in [4.69, 9.17) is 9.47 Å². The molecule has 2 heterocycles. The van der Waals surface area contributed by atoms with E-state index in [1.165, 1.54) is 0 Å². The number of aromatic nitrogens is 1. The van der Waals surface area contributed by atoms with E-state index in [0.29, 0.717) is 25.4 Å². The highest BCUT2D eigenvalue weighted by Crippen LogP contribution is 2.28. The molecule has 1 aromatic carbocycles. The van der Waals surface area contributed by atoms with Gasteiger partial charge < -0.3 is 24.6 Å². The van der Waals surface area contributed by atoms with E-state index in [2.05, 4.69) is 21.3 Å². The van der Waals surface area contributed by atoms with Gasteiger partial charge in [-0.15, -0.1) is 0 Å². The Morgan fingerprint density at radius 1 is 1.14 bits per heavy atom. The second kappa shape index (κ2) is 9.94. The number of nitrogens with one attached hydrogen (secondary N) is 1. The number of piperazine rings is 1. The molecule has 7 heteroatoms. The van der Waals surface area contributed by atoms with Gasteiger partial charge >= 0.3 is 0 Å². The highest BCUT2D eigenvalue weighted by molar-refractivity contribution is 5.93. The lowest BCUT2D eigenvalue weighted by molar-refractivity contribution is 0.0741. The molecule has 0 saturated carbocycles. The van der Waals surface area contributed by atoms with Crippen LogP contribution >= 0.6 is 0 Å². The summed E-state index contributed by atoms with van der Waals surface area (Å²) < 4.78 is 10.5. The number of methoxy groups -OCH3 is 2. The van der Waals surface area contributed by atoms with Crippen LogP contribution < -0.4 is 15.0 Å². The quantitative estimate of drug-likeness (QED) is 0.706. The van der Waals surface area contributed by atoms with Crippen molar-refractivity contribution in [1.29, 1.82) is 0 Å². The van der Waals surface area contributed by atoms with Crippen molar-refractivity contribution in [3.63, 3.8) is 0 Å². The number of carbonyl (C=O) groups excluding carboxylic acids is 1. The molecule has 1 aromatic heterocycles. The molecule has 1 aliphatic rings. The van der Waals surface area contributed by atoms with Crippen molar-refractivity contribution in [3.05, 3.63) is 48.3 Å². The molecule has 1 aliphatic heterocycles. The normalized spacial score (nSPS) is 14.1. The fraction of sp³-hybridized carbons (Fsp3) is 0.429. The van der Waals surface area contributed by atoms with E-state index < -0.39 is 0 Å². The molecule has 1 N–H and O–H groups in total. The van der Waals surface area contributed by atoms with Crippen LogP contribution in [0.25, 0.3) is 0 Å². The predicted octanol–water partition coefficient (Wildman–Crippen LogP) is 2.50. The molecule has 7 nitrogen and oxygen atoms in total. The van der Waals surface area contributed by atoms with Crippen LogP contribution in [-0.2, 0) is 4.74 Å². The number of benzene rings is 1. The Balaban J connectivity index is 1.58. The second-order valence-corrected chi connectivity index (χ2v) is 6.65. The highest BCUT2D eigenvalue weighted by atomic mass is 16.5. The van der Waals surface area contributed by atoms with E-state index in [1.54, 1.807) is 20.4 Å². The van der Waals surface area contributed by atoms with Crippen LogP contribution in [-0.4, -0.2) is 69.3 Å². The summed E-state index contributed by atoms with van der Waals surface area (Å²) in [5, 5.41) is 3.31. The van der Waals surface area contributed by atoms with E-state index in [1.807, 2.05) is 35.2 Å². The summed E-state index contributed by atoms with van der Waals surface area (Å²) in [6.45, 7) is 4.35. The first kappa shape index (κ1) is 19.9. The third-order valence-electron chi connectivity index (χ3n) is 4.83. The van der Waals surface area contributed by atoms with Crippen molar-refractivity contribution in [2.75, 3.05) is 63.8 Å². The summed E-state index contributed by atoms with van der Waals surface area (Å²) in [6, 6.07) is 11.7. The van der Waals surface area contributed by atoms with Gasteiger partial charge in [-0.05, 0) is 30.7 Å². The fourth-order valence-corrected chi connectivity index (χ4v) is 3.31. The number of hydrogen-bond donors (Lipinski definition) is 1. The van der Waals surface area contributed by atoms with Gasteiger partial charge in [0.2, 0.25) is 0 Å².